The van der Waals surface area contributed by atoms with E-state index in [-0.39, 0.29) is 11.7 Å². The van der Waals surface area contributed by atoms with Crippen molar-refractivity contribution in [1.29, 1.82) is 0 Å². The molecule has 0 spiro atoms. The number of benzene rings is 1. The van der Waals surface area contributed by atoms with Crippen molar-refractivity contribution in [2.45, 2.75) is 37.8 Å². The second kappa shape index (κ2) is 10.5. The molecule has 0 bridgehead atoms. The molecule has 0 fully saturated rings. The molecule has 1 amide bonds. The smallest absolute Gasteiger partial charge is 0.236 e. The maximum absolute atomic E-state index is 12.6. The number of carbonyl (C=O) groups excluding carboxylic acids is 1. The van der Waals surface area contributed by atoms with Crippen LogP contribution in [-0.2, 0) is 4.79 Å². The van der Waals surface area contributed by atoms with Crippen LogP contribution in [0.3, 0.4) is 0 Å². The summed E-state index contributed by atoms with van der Waals surface area (Å²) in [7, 11) is 0. The zero-order chi connectivity index (χ0) is 22.3. The largest absolute Gasteiger partial charge is 0.300 e. The Labute approximate surface area is 194 Å². The topological polar surface area (TPSA) is 98.5 Å². The van der Waals surface area contributed by atoms with E-state index in [1.807, 2.05) is 47.0 Å². The lowest BCUT2D eigenvalue weighted by Crippen LogP contribution is -2.14. The fraction of sp³-hybridized carbons (Fsp3) is 0.273. The summed E-state index contributed by atoms with van der Waals surface area (Å²) in [6.45, 7) is 4.26. The number of pyridine rings is 1. The minimum Gasteiger partial charge on any atom is -0.300 e. The molecule has 0 aliphatic heterocycles. The van der Waals surface area contributed by atoms with Gasteiger partial charge in [-0.15, -0.1) is 20.4 Å². The number of hydrogen-bond donors (Lipinski definition) is 1. The second-order valence-corrected chi connectivity index (χ2v) is 8.97. The number of hydrogen-bond acceptors (Lipinski definition) is 8. The lowest BCUT2D eigenvalue weighted by Gasteiger charge is -2.10. The molecule has 0 radical (unpaired) electrons. The Morgan fingerprint density at radius 3 is 2.59 bits per heavy atom. The van der Waals surface area contributed by atoms with Crippen LogP contribution in [0.5, 0.6) is 0 Å². The van der Waals surface area contributed by atoms with Crippen LogP contribution >= 0.6 is 23.1 Å². The average molecular weight is 466 g/mol. The summed E-state index contributed by atoms with van der Waals surface area (Å²) in [6.07, 6.45) is 5.47. The number of amides is 1. The van der Waals surface area contributed by atoms with E-state index >= 15 is 0 Å². The predicted octanol–water partition coefficient (Wildman–Crippen LogP) is 4.82. The van der Waals surface area contributed by atoms with Gasteiger partial charge in [-0.1, -0.05) is 55.1 Å². The van der Waals surface area contributed by atoms with Crippen LogP contribution in [0.25, 0.3) is 17.1 Å². The average Bonchev–Trinajstić information content (AvgIpc) is 3.47. The highest BCUT2D eigenvalue weighted by atomic mass is 32.2. The highest BCUT2D eigenvalue weighted by Crippen LogP contribution is 2.29. The van der Waals surface area contributed by atoms with Crippen LogP contribution in [0.4, 0.5) is 5.13 Å². The van der Waals surface area contributed by atoms with Gasteiger partial charge >= 0.3 is 0 Å². The Kier molecular flexibility index (Phi) is 7.23. The number of para-hydroxylation sites is 1. The van der Waals surface area contributed by atoms with E-state index in [1.165, 1.54) is 23.1 Å². The van der Waals surface area contributed by atoms with E-state index in [9.17, 15) is 4.79 Å². The summed E-state index contributed by atoms with van der Waals surface area (Å²) in [5, 5.41) is 22.0. The molecule has 10 heteroatoms. The molecule has 0 aliphatic carbocycles. The fourth-order valence-corrected chi connectivity index (χ4v) is 5.01. The molecule has 1 aromatic carbocycles. The van der Waals surface area contributed by atoms with E-state index in [0.29, 0.717) is 22.0 Å². The van der Waals surface area contributed by atoms with Crippen molar-refractivity contribution in [3.8, 4) is 17.1 Å². The van der Waals surface area contributed by atoms with Crippen molar-refractivity contribution in [1.82, 2.24) is 29.9 Å². The van der Waals surface area contributed by atoms with Crippen molar-refractivity contribution in [3.05, 3.63) is 59.9 Å². The second-order valence-electron chi connectivity index (χ2n) is 7.01. The van der Waals surface area contributed by atoms with E-state index in [4.69, 9.17) is 0 Å². The molecule has 1 N–H and O–H groups in total. The van der Waals surface area contributed by atoms with E-state index in [0.717, 1.165) is 29.1 Å². The summed E-state index contributed by atoms with van der Waals surface area (Å²) >= 11 is 2.76. The lowest BCUT2D eigenvalue weighted by molar-refractivity contribution is -0.113. The van der Waals surface area contributed by atoms with Crippen LogP contribution in [0, 0.1) is 0 Å². The van der Waals surface area contributed by atoms with Crippen molar-refractivity contribution in [2.75, 3.05) is 11.1 Å². The maximum atomic E-state index is 12.6. The first-order valence-electron chi connectivity index (χ1n) is 10.4. The molecule has 0 unspecified atom stereocenters. The van der Waals surface area contributed by atoms with E-state index in [2.05, 4.69) is 44.5 Å². The van der Waals surface area contributed by atoms with Crippen LogP contribution < -0.4 is 5.32 Å². The number of carbonyl (C=O) groups is 1. The van der Waals surface area contributed by atoms with Gasteiger partial charge in [0.15, 0.2) is 11.0 Å². The molecule has 4 aromatic rings. The normalized spacial score (nSPS) is 11.1. The quantitative estimate of drug-likeness (QED) is 0.354. The van der Waals surface area contributed by atoms with Gasteiger partial charge < -0.3 is 0 Å². The summed E-state index contributed by atoms with van der Waals surface area (Å²) < 4.78 is 1.94. The van der Waals surface area contributed by atoms with Gasteiger partial charge in [0.1, 0.15) is 5.01 Å². The summed E-state index contributed by atoms with van der Waals surface area (Å²) in [5.74, 6) is 1.07. The molecule has 4 rings (SSSR count). The molecule has 32 heavy (non-hydrogen) atoms. The van der Waals surface area contributed by atoms with Gasteiger partial charge in [0.25, 0.3) is 0 Å². The maximum Gasteiger partial charge on any atom is 0.236 e. The van der Waals surface area contributed by atoms with Crippen LogP contribution in [-0.4, -0.2) is 41.6 Å². The van der Waals surface area contributed by atoms with Gasteiger partial charge in [0.2, 0.25) is 11.0 Å². The van der Waals surface area contributed by atoms with Gasteiger partial charge in [0.05, 0.1) is 5.75 Å². The van der Waals surface area contributed by atoms with Gasteiger partial charge in [-0.25, -0.2) is 0 Å². The highest BCUT2D eigenvalue weighted by molar-refractivity contribution is 7.99. The zero-order valence-corrected chi connectivity index (χ0v) is 19.4. The molecule has 3 aromatic heterocycles. The molecule has 0 saturated heterocycles. The number of nitrogens with one attached hydrogen (secondary N) is 1. The zero-order valence-electron chi connectivity index (χ0n) is 17.8. The van der Waals surface area contributed by atoms with E-state index < -0.39 is 0 Å². The Bertz CT molecular complexity index is 1160. The van der Waals surface area contributed by atoms with Gasteiger partial charge in [-0.2, -0.15) is 0 Å². The van der Waals surface area contributed by atoms with Crippen molar-refractivity contribution in [2.24, 2.45) is 0 Å². The van der Waals surface area contributed by atoms with Crippen LogP contribution in [0.15, 0.2) is 60.0 Å². The summed E-state index contributed by atoms with van der Waals surface area (Å²) in [6, 6.07) is 13.6. The van der Waals surface area contributed by atoms with Gasteiger partial charge in [0, 0.05) is 29.6 Å². The third-order valence-electron chi connectivity index (χ3n) is 4.92. The summed E-state index contributed by atoms with van der Waals surface area (Å²) in [4.78, 5) is 16.8. The minimum atomic E-state index is -0.159. The fourth-order valence-electron chi connectivity index (χ4n) is 3.23. The number of aromatic nitrogens is 6. The number of thioether (sulfide) groups is 1. The SMILES string of the molecule is CCC(CC)c1nnc(NC(=O)CSc2nnc(-c3cccnc3)n2-c2ccccc2)s1. The van der Waals surface area contributed by atoms with Crippen molar-refractivity contribution >= 4 is 34.1 Å². The Morgan fingerprint density at radius 2 is 1.88 bits per heavy atom. The van der Waals surface area contributed by atoms with Crippen LogP contribution in [0.1, 0.15) is 37.6 Å². The third kappa shape index (κ3) is 5.03. The van der Waals surface area contributed by atoms with E-state index in [1.54, 1.807) is 12.4 Å². The van der Waals surface area contributed by atoms with Crippen molar-refractivity contribution < 1.29 is 4.79 Å². The molecule has 0 atom stereocenters. The first-order valence-corrected chi connectivity index (χ1v) is 12.2. The van der Waals surface area contributed by atoms with Crippen LogP contribution in [0.2, 0.25) is 0 Å². The molecule has 0 aliphatic rings. The highest BCUT2D eigenvalue weighted by Gasteiger charge is 2.18. The summed E-state index contributed by atoms with van der Waals surface area (Å²) in [5.41, 5.74) is 1.76. The van der Waals surface area contributed by atoms with Gasteiger partial charge in [-0.05, 0) is 37.1 Å². The number of rotatable bonds is 9. The Balaban J connectivity index is 1.50. The first-order chi connectivity index (χ1) is 15.7. The molecular formula is C22H23N7OS2. The Morgan fingerprint density at radius 1 is 1.06 bits per heavy atom. The molecule has 164 valence electrons. The number of nitrogens with zero attached hydrogens (tertiary/aromatic N) is 6. The Hall–Kier alpha value is -3.11. The predicted molar refractivity (Wildman–Crippen MR) is 127 cm³/mol. The molecule has 0 saturated carbocycles. The molecule has 3 heterocycles. The third-order valence-corrected chi connectivity index (χ3v) is 6.85. The monoisotopic (exact) mass is 465 g/mol. The van der Waals surface area contributed by atoms with Gasteiger partial charge in [-0.3, -0.25) is 19.7 Å². The minimum absolute atomic E-state index is 0.159. The van der Waals surface area contributed by atoms with Crippen molar-refractivity contribution in [3.63, 3.8) is 0 Å². The molecular weight excluding hydrogens is 442 g/mol. The number of anilines is 1. The first kappa shape index (κ1) is 22.1. The standard InChI is InChI=1S/C22H23N7OS2/c1-3-15(4-2)20-26-27-21(32-20)24-18(30)14-31-22-28-25-19(16-9-8-12-23-13-16)29(22)17-10-6-5-7-11-17/h5-13,15H,3-4,14H2,1-2H3,(H,24,27,30). The molecule has 8 nitrogen and oxygen atoms in total. The lowest BCUT2D eigenvalue weighted by atomic mass is 10.1.